The van der Waals surface area contributed by atoms with Crippen LogP contribution >= 0.6 is 11.6 Å². The smallest absolute Gasteiger partial charge is 0.258 e. The number of aromatic nitrogens is 3. The van der Waals surface area contributed by atoms with Crippen molar-refractivity contribution in [2.75, 3.05) is 11.1 Å². The molecule has 21 heavy (non-hydrogen) atoms. The Labute approximate surface area is 128 Å². The molecule has 6 nitrogen and oxygen atoms in total. The summed E-state index contributed by atoms with van der Waals surface area (Å²) in [5.74, 6) is -0.352. The second-order valence-electron chi connectivity index (χ2n) is 5.15. The molecule has 1 amide bonds. The van der Waals surface area contributed by atoms with Crippen molar-refractivity contribution in [2.45, 2.75) is 33.7 Å². The van der Waals surface area contributed by atoms with Gasteiger partial charge in [0.15, 0.2) is 0 Å². The molecule has 0 fully saturated rings. The van der Waals surface area contributed by atoms with Crippen LogP contribution in [0, 0.1) is 13.8 Å². The molecular formula is C14H18ClN5O. The molecule has 3 N–H and O–H groups in total. The Bertz CT molecular complexity index is 693. The summed E-state index contributed by atoms with van der Waals surface area (Å²) in [6, 6.07) is 1.72. The van der Waals surface area contributed by atoms with Gasteiger partial charge in [-0.05, 0) is 33.8 Å². The molecule has 0 spiro atoms. The average molecular weight is 308 g/mol. The van der Waals surface area contributed by atoms with Crippen molar-refractivity contribution in [1.82, 2.24) is 14.8 Å². The van der Waals surface area contributed by atoms with Crippen LogP contribution in [0.25, 0.3) is 0 Å². The van der Waals surface area contributed by atoms with E-state index in [1.807, 2.05) is 32.4 Å². The number of halogens is 1. The normalized spacial score (nSPS) is 11.0. The number of nitrogens with one attached hydrogen (secondary N) is 1. The molecule has 0 aliphatic heterocycles. The number of carbonyl (C=O) groups is 1. The van der Waals surface area contributed by atoms with E-state index in [1.54, 1.807) is 0 Å². The predicted molar refractivity (Wildman–Crippen MR) is 83.7 cm³/mol. The molecule has 2 aromatic rings. The highest BCUT2D eigenvalue weighted by Crippen LogP contribution is 2.24. The fourth-order valence-electron chi connectivity index (χ4n) is 2.15. The van der Waals surface area contributed by atoms with Crippen molar-refractivity contribution < 1.29 is 4.79 Å². The van der Waals surface area contributed by atoms with Crippen molar-refractivity contribution in [3.8, 4) is 0 Å². The van der Waals surface area contributed by atoms with E-state index in [0.717, 1.165) is 11.4 Å². The fourth-order valence-corrected chi connectivity index (χ4v) is 2.34. The summed E-state index contributed by atoms with van der Waals surface area (Å²) in [4.78, 5) is 16.2. The Morgan fingerprint density at radius 1 is 1.43 bits per heavy atom. The third-order valence-corrected chi connectivity index (χ3v) is 3.46. The van der Waals surface area contributed by atoms with E-state index in [9.17, 15) is 4.79 Å². The minimum atomic E-state index is -0.352. The number of rotatable bonds is 3. The van der Waals surface area contributed by atoms with E-state index in [0.29, 0.717) is 11.4 Å². The Morgan fingerprint density at radius 2 is 2.10 bits per heavy atom. The van der Waals surface area contributed by atoms with Gasteiger partial charge in [0, 0.05) is 6.04 Å². The molecule has 0 aromatic carbocycles. The summed E-state index contributed by atoms with van der Waals surface area (Å²) < 4.78 is 1.87. The number of hydrogen-bond acceptors (Lipinski definition) is 4. The van der Waals surface area contributed by atoms with Crippen LogP contribution in [0.2, 0.25) is 5.15 Å². The molecule has 0 aliphatic carbocycles. The van der Waals surface area contributed by atoms with Gasteiger partial charge in [0.25, 0.3) is 5.91 Å². The van der Waals surface area contributed by atoms with Gasteiger partial charge >= 0.3 is 0 Å². The Hall–Kier alpha value is -2.08. The van der Waals surface area contributed by atoms with Gasteiger partial charge < -0.3 is 11.1 Å². The summed E-state index contributed by atoms with van der Waals surface area (Å²) in [7, 11) is 0. The first kappa shape index (κ1) is 15.3. The predicted octanol–water partition coefficient (Wildman–Crippen LogP) is 2.96. The van der Waals surface area contributed by atoms with E-state index >= 15 is 0 Å². The van der Waals surface area contributed by atoms with Crippen molar-refractivity contribution in [2.24, 2.45) is 0 Å². The first-order valence-electron chi connectivity index (χ1n) is 6.59. The van der Waals surface area contributed by atoms with Crippen LogP contribution in [-0.4, -0.2) is 20.7 Å². The third kappa shape index (κ3) is 3.00. The number of nitrogen functional groups attached to an aromatic ring is 1. The van der Waals surface area contributed by atoms with Crippen LogP contribution < -0.4 is 11.1 Å². The van der Waals surface area contributed by atoms with Gasteiger partial charge in [-0.1, -0.05) is 11.6 Å². The first-order chi connectivity index (χ1) is 9.81. The van der Waals surface area contributed by atoms with Crippen LogP contribution in [0.5, 0.6) is 0 Å². The first-order valence-corrected chi connectivity index (χ1v) is 6.97. The summed E-state index contributed by atoms with van der Waals surface area (Å²) >= 11 is 5.94. The van der Waals surface area contributed by atoms with Gasteiger partial charge in [-0.3, -0.25) is 9.48 Å². The molecule has 2 rings (SSSR count). The largest absolute Gasteiger partial charge is 0.397 e. The van der Waals surface area contributed by atoms with Crippen LogP contribution in [0.3, 0.4) is 0 Å². The molecule has 0 atom stereocenters. The van der Waals surface area contributed by atoms with E-state index in [4.69, 9.17) is 17.3 Å². The van der Waals surface area contributed by atoms with Gasteiger partial charge in [0.2, 0.25) is 0 Å². The van der Waals surface area contributed by atoms with Crippen LogP contribution in [0.4, 0.5) is 11.4 Å². The van der Waals surface area contributed by atoms with E-state index in [2.05, 4.69) is 15.4 Å². The molecule has 7 heteroatoms. The standard InChI is InChI=1S/C14H18ClN5O/c1-7(2)20-9(4)12(8(3)19-20)18-14(21)11-5-10(16)6-17-13(11)15/h5-7H,16H2,1-4H3,(H,18,21). The monoisotopic (exact) mass is 307 g/mol. The lowest BCUT2D eigenvalue weighted by molar-refractivity contribution is 0.102. The molecular weight excluding hydrogens is 290 g/mol. The van der Waals surface area contributed by atoms with E-state index in [1.165, 1.54) is 12.3 Å². The number of pyridine rings is 1. The summed E-state index contributed by atoms with van der Waals surface area (Å²) in [6.07, 6.45) is 1.41. The molecule has 0 bridgehead atoms. The number of anilines is 2. The highest BCUT2D eigenvalue weighted by atomic mass is 35.5. The lowest BCUT2D eigenvalue weighted by Crippen LogP contribution is -2.15. The highest BCUT2D eigenvalue weighted by molar-refractivity contribution is 6.33. The lowest BCUT2D eigenvalue weighted by Gasteiger charge is -2.10. The fraction of sp³-hybridized carbons (Fsp3) is 0.357. The van der Waals surface area contributed by atoms with Crippen molar-refractivity contribution in [1.29, 1.82) is 0 Å². The zero-order valence-corrected chi connectivity index (χ0v) is 13.2. The molecule has 0 saturated heterocycles. The minimum absolute atomic E-state index is 0.119. The molecule has 0 radical (unpaired) electrons. The highest BCUT2D eigenvalue weighted by Gasteiger charge is 2.18. The summed E-state index contributed by atoms with van der Waals surface area (Å²) in [5.41, 5.74) is 8.61. The van der Waals surface area contributed by atoms with E-state index in [-0.39, 0.29) is 22.7 Å². The Balaban J connectivity index is 2.34. The van der Waals surface area contributed by atoms with Gasteiger partial charge in [-0.25, -0.2) is 4.98 Å². The number of nitrogens with two attached hydrogens (primary N) is 1. The maximum absolute atomic E-state index is 12.3. The SMILES string of the molecule is Cc1nn(C(C)C)c(C)c1NC(=O)c1cc(N)cnc1Cl. The maximum atomic E-state index is 12.3. The number of carbonyl (C=O) groups excluding carboxylic acids is 1. The zero-order chi connectivity index (χ0) is 15.7. The van der Waals surface area contributed by atoms with Gasteiger partial charge in [0.1, 0.15) is 5.15 Å². The van der Waals surface area contributed by atoms with Gasteiger partial charge in [-0.2, -0.15) is 5.10 Å². The number of aryl methyl sites for hydroxylation is 1. The topological polar surface area (TPSA) is 85.8 Å². The second-order valence-corrected chi connectivity index (χ2v) is 5.50. The number of amides is 1. The average Bonchev–Trinajstić information content (AvgIpc) is 2.69. The Morgan fingerprint density at radius 3 is 2.67 bits per heavy atom. The van der Waals surface area contributed by atoms with Crippen molar-refractivity contribution >= 4 is 28.9 Å². The maximum Gasteiger partial charge on any atom is 0.258 e. The molecule has 0 aliphatic rings. The van der Waals surface area contributed by atoms with Crippen LogP contribution in [0.15, 0.2) is 12.3 Å². The number of hydrogen-bond donors (Lipinski definition) is 2. The zero-order valence-electron chi connectivity index (χ0n) is 12.4. The molecule has 112 valence electrons. The lowest BCUT2D eigenvalue weighted by atomic mass is 10.2. The van der Waals surface area contributed by atoms with Crippen LogP contribution in [-0.2, 0) is 0 Å². The molecule has 2 heterocycles. The molecule has 0 unspecified atom stereocenters. The van der Waals surface area contributed by atoms with Crippen LogP contribution in [0.1, 0.15) is 41.6 Å². The summed E-state index contributed by atoms with van der Waals surface area (Å²) in [5, 5.41) is 7.38. The van der Waals surface area contributed by atoms with Gasteiger partial charge in [-0.15, -0.1) is 0 Å². The molecule has 2 aromatic heterocycles. The second kappa shape index (κ2) is 5.73. The molecule has 0 saturated carbocycles. The summed E-state index contributed by atoms with van der Waals surface area (Å²) in [6.45, 7) is 7.82. The van der Waals surface area contributed by atoms with Gasteiger partial charge in [0.05, 0.1) is 34.5 Å². The number of nitrogens with zero attached hydrogens (tertiary/aromatic N) is 3. The quantitative estimate of drug-likeness (QED) is 0.854. The Kier molecular flexibility index (Phi) is 4.18. The minimum Gasteiger partial charge on any atom is -0.397 e. The van der Waals surface area contributed by atoms with E-state index < -0.39 is 0 Å². The van der Waals surface area contributed by atoms with Crippen molar-refractivity contribution in [3.05, 3.63) is 34.4 Å². The third-order valence-electron chi connectivity index (χ3n) is 3.16. The van der Waals surface area contributed by atoms with Crippen molar-refractivity contribution in [3.63, 3.8) is 0 Å².